The van der Waals surface area contributed by atoms with Crippen LogP contribution in [-0.4, -0.2) is 21.4 Å². The molecule has 0 fully saturated rings. The molecule has 0 aliphatic heterocycles. The molecule has 4 heteroatoms. The summed E-state index contributed by atoms with van der Waals surface area (Å²) in [4.78, 5) is 0. The van der Waals surface area contributed by atoms with Gasteiger partial charge in [-0.1, -0.05) is 20.8 Å². The first-order valence-corrected chi connectivity index (χ1v) is 8.07. The van der Waals surface area contributed by atoms with E-state index in [9.17, 15) is 0 Å². The number of alkyl halides is 1. The number of hydrogen-bond donors (Lipinski definition) is 0. The van der Waals surface area contributed by atoms with E-state index in [1.807, 2.05) is 11.8 Å². The molecule has 0 amide bonds. The molecule has 17 heavy (non-hydrogen) atoms. The highest BCUT2D eigenvalue weighted by atomic mass is 35.5. The van der Waals surface area contributed by atoms with Crippen molar-refractivity contribution in [3.8, 4) is 0 Å². The van der Waals surface area contributed by atoms with Crippen LogP contribution in [0.2, 0.25) is 0 Å². The van der Waals surface area contributed by atoms with E-state index >= 15 is 0 Å². The Kier molecular flexibility index (Phi) is 7.05. The van der Waals surface area contributed by atoms with Gasteiger partial charge in [-0.3, -0.25) is 4.68 Å². The molecule has 0 aromatic carbocycles. The molecular formula is C13H23ClN2S. The molecule has 1 atom stereocenters. The molecule has 2 nitrogen and oxygen atoms in total. The average Bonchev–Trinajstić information content (AvgIpc) is 2.79. The highest BCUT2D eigenvalue weighted by Crippen LogP contribution is 2.18. The van der Waals surface area contributed by atoms with Gasteiger partial charge in [-0.05, 0) is 30.6 Å². The van der Waals surface area contributed by atoms with Crippen molar-refractivity contribution in [2.75, 3.05) is 11.6 Å². The van der Waals surface area contributed by atoms with E-state index in [4.69, 9.17) is 11.6 Å². The van der Waals surface area contributed by atoms with Gasteiger partial charge in [0.15, 0.2) is 0 Å². The van der Waals surface area contributed by atoms with Crippen LogP contribution in [0.3, 0.4) is 0 Å². The van der Waals surface area contributed by atoms with Gasteiger partial charge >= 0.3 is 0 Å². The second-order valence-corrected chi connectivity index (χ2v) is 5.87. The van der Waals surface area contributed by atoms with E-state index in [1.54, 1.807) is 0 Å². The van der Waals surface area contributed by atoms with Crippen molar-refractivity contribution >= 4 is 23.4 Å². The van der Waals surface area contributed by atoms with Gasteiger partial charge in [0.05, 0.1) is 11.7 Å². The van der Waals surface area contributed by atoms with Gasteiger partial charge in [0.1, 0.15) is 0 Å². The van der Waals surface area contributed by atoms with Crippen LogP contribution in [0.1, 0.15) is 45.3 Å². The predicted octanol–water partition coefficient (Wildman–Crippen LogP) is 4.35. The molecule has 0 saturated carbocycles. The summed E-state index contributed by atoms with van der Waals surface area (Å²) in [6, 6.07) is 2.69. The molecular weight excluding hydrogens is 252 g/mol. The van der Waals surface area contributed by atoms with Crippen molar-refractivity contribution in [1.29, 1.82) is 0 Å². The number of thioether (sulfide) groups is 1. The molecule has 0 radical (unpaired) electrons. The first-order chi connectivity index (χ1) is 8.21. The fourth-order valence-electron chi connectivity index (χ4n) is 1.73. The van der Waals surface area contributed by atoms with Crippen molar-refractivity contribution in [3.05, 3.63) is 18.0 Å². The van der Waals surface area contributed by atoms with Crippen LogP contribution in [0.5, 0.6) is 0 Å². The molecule has 98 valence electrons. The van der Waals surface area contributed by atoms with Crippen LogP contribution in [0, 0.1) is 5.92 Å². The maximum Gasteiger partial charge on any atom is 0.0723 e. The largest absolute Gasteiger partial charge is 0.269 e. The Balaban J connectivity index is 2.40. The van der Waals surface area contributed by atoms with E-state index < -0.39 is 0 Å². The Morgan fingerprint density at radius 1 is 1.41 bits per heavy atom. The summed E-state index contributed by atoms with van der Waals surface area (Å²) >= 11 is 7.70. The van der Waals surface area contributed by atoms with Crippen LogP contribution in [-0.2, 0) is 5.75 Å². The highest BCUT2D eigenvalue weighted by molar-refractivity contribution is 7.98. The van der Waals surface area contributed by atoms with Gasteiger partial charge in [-0.25, -0.2) is 0 Å². The minimum absolute atomic E-state index is 0.551. The lowest BCUT2D eigenvalue weighted by Crippen LogP contribution is -2.07. The van der Waals surface area contributed by atoms with E-state index in [0.29, 0.717) is 12.0 Å². The number of aromatic nitrogens is 2. The standard InChI is InChI=1S/C13H23ClN2S/c1-4-13(5-2)16-7-6-12(15-16)10-17-9-11(3)8-14/h6-7,11,13H,4-5,8-10H2,1-3H3. The Labute approximate surface area is 114 Å². The van der Waals surface area contributed by atoms with Crippen molar-refractivity contribution in [1.82, 2.24) is 9.78 Å². The lowest BCUT2D eigenvalue weighted by molar-refractivity contribution is 0.426. The minimum Gasteiger partial charge on any atom is -0.269 e. The minimum atomic E-state index is 0.551. The van der Waals surface area contributed by atoms with Crippen LogP contribution in [0.4, 0.5) is 0 Å². The van der Waals surface area contributed by atoms with Gasteiger partial charge in [-0.15, -0.1) is 11.6 Å². The summed E-state index contributed by atoms with van der Waals surface area (Å²) in [5, 5.41) is 4.64. The highest BCUT2D eigenvalue weighted by Gasteiger charge is 2.08. The van der Waals surface area contributed by atoms with Crippen LogP contribution in [0.25, 0.3) is 0 Å². The first kappa shape index (κ1) is 14.9. The van der Waals surface area contributed by atoms with Crippen LogP contribution >= 0.6 is 23.4 Å². The van der Waals surface area contributed by atoms with Gasteiger partial charge in [-0.2, -0.15) is 16.9 Å². The van der Waals surface area contributed by atoms with Crippen molar-refractivity contribution in [2.45, 2.75) is 45.4 Å². The second kappa shape index (κ2) is 8.04. The number of hydrogen-bond acceptors (Lipinski definition) is 2. The van der Waals surface area contributed by atoms with Crippen molar-refractivity contribution < 1.29 is 0 Å². The number of halogens is 1. The zero-order valence-electron chi connectivity index (χ0n) is 11.0. The fraction of sp³-hybridized carbons (Fsp3) is 0.769. The molecule has 0 saturated heterocycles. The summed E-state index contributed by atoms with van der Waals surface area (Å²) < 4.78 is 2.11. The zero-order chi connectivity index (χ0) is 12.7. The smallest absolute Gasteiger partial charge is 0.0723 e. The van der Waals surface area contributed by atoms with E-state index in [0.717, 1.165) is 30.2 Å². The Hall–Kier alpha value is -0.150. The summed E-state index contributed by atoms with van der Waals surface area (Å²) in [6.45, 7) is 6.61. The predicted molar refractivity (Wildman–Crippen MR) is 77.9 cm³/mol. The second-order valence-electron chi connectivity index (χ2n) is 4.53. The number of rotatable bonds is 8. The lowest BCUT2D eigenvalue weighted by Gasteiger charge is -2.12. The lowest BCUT2D eigenvalue weighted by atomic mass is 10.2. The van der Waals surface area contributed by atoms with Crippen molar-refractivity contribution in [3.63, 3.8) is 0 Å². The first-order valence-electron chi connectivity index (χ1n) is 6.38. The third kappa shape index (κ3) is 4.92. The third-order valence-electron chi connectivity index (χ3n) is 2.90. The molecule has 0 aliphatic carbocycles. The number of nitrogens with zero attached hydrogens (tertiary/aromatic N) is 2. The zero-order valence-corrected chi connectivity index (χ0v) is 12.6. The SMILES string of the molecule is CCC(CC)n1ccc(CSCC(C)CCl)n1. The molecule has 1 rings (SSSR count). The molecule has 1 unspecified atom stereocenters. The molecule has 1 heterocycles. The normalized spacial score (nSPS) is 13.2. The summed E-state index contributed by atoms with van der Waals surface area (Å²) in [7, 11) is 0. The van der Waals surface area contributed by atoms with E-state index in [1.165, 1.54) is 5.69 Å². The Morgan fingerprint density at radius 3 is 2.71 bits per heavy atom. The maximum atomic E-state index is 5.78. The van der Waals surface area contributed by atoms with E-state index in [-0.39, 0.29) is 0 Å². The quantitative estimate of drug-likeness (QED) is 0.656. The van der Waals surface area contributed by atoms with Gasteiger partial charge in [0.25, 0.3) is 0 Å². The molecule has 0 spiro atoms. The average molecular weight is 275 g/mol. The van der Waals surface area contributed by atoms with Gasteiger partial charge < -0.3 is 0 Å². The summed E-state index contributed by atoms with van der Waals surface area (Å²) in [5.74, 6) is 3.44. The van der Waals surface area contributed by atoms with Crippen LogP contribution in [0.15, 0.2) is 12.3 Å². The monoisotopic (exact) mass is 274 g/mol. The van der Waals surface area contributed by atoms with Gasteiger partial charge in [0, 0.05) is 17.8 Å². The summed E-state index contributed by atoms with van der Waals surface area (Å²) in [6.07, 6.45) is 4.40. The van der Waals surface area contributed by atoms with Crippen LogP contribution < -0.4 is 0 Å². The molecule has 0 N–H and O–H groups in total. The third-order valence-corrected chi connectivity index (χ3v) is 4.73. The Bertz CT molecular complexity index is 310. The van der Waals surface area contributed by atoms with Crippen molar-refractivity contribution in [2.24, 2.45) is 5.92 Å². The van der Waals surface area contributed by atoms with E-state index in [2.05, 4.69) is 42.8 Å². The molecule has 0 bridgehead atoms. The molecule has 1 aromatic heterocycles. The maximum absolute atomic E-state index is 5.78. The fourth-order valence-corrected chi connectivity index (χ4v) is 2.97. The van der Waals surface area contributed by atoms with Gasteiger partial charge in [0.2, 0.25) is 0 Å². The molecule has 0 aliphatic rings. The summed E-state index contributed by atoms with van der Waals surface area (Å²) in [5.41, 5.74) is 1.18. The topological polar surface area (TPSA) is 17.8 Å². The molecule has 1 aromatic rings. The Morgan fingerprint density at radius 2 is 2.12 bits per heavy atom.